The van der Waals surface area contributed by atoms with Crippen molar-refractivity contribution in [2.24, 2.45) is 5.92 Å². The Balaban J connectivity index is 1.51. The maximum absolute atomic E-state index is 13.5. The van der Waals surface area contributed by atoms with E-state index in [1.54, 1.807) is 28.4 Å². The molecule has 2 aromatic heterocycles. The van der Waals surface area contributed by atoms with Crippen LogP contribution in [-0.4, -0.2) is 47.9 Å². The maximum atomic E-state index is 13.5. The summed E-state index contributed by atoms with van der Waals surface area (Å²) in [5, 5.41) is 2.07. The smallest absolute Gasteiger partial charge is 0.290 e. The average Bonchev–Trinajstić information content (AvgIpc) is 3.52. The van der Waals surface area contributed by atoms with Crippen molar-refractivity contribution in [2.75, 3.05) is 26.2 Å². The number of para-hydroxylation sites is 1. The highest BCUT2D eigenvalue weighted by molar-refractivity contribution is 7.10. The van der Waals surface area contributed by atoms with E-state index in [9.17, 15) is 9.59 Å². The fourth-order valence-electron chi connectivity index (χ4n) is 4.04. The molecule has 33 heavy (non-hydrogen) atoms. The number of carbonyl (C=O) groups excluding carboxylic acids is 2. The van der Waals surface area contributed by atoms with E-state index in [0.29, 0.717) is 25.6 Å². The van der Waals surface area contributed by atoms with Gasteiger partial charge in [0.1, 0.15) is 18.9 Å². The Hall–Kier alpha value is -3.06. The van der Waals surface area contributed by atoms with Gasteiger partial charge >= 0.3 is 0 Å². The Bertz CT molecular complexity index is 1050. The van der Waals surface area contributed by atoms with Crippen molar-refractivity contribution in [2.45, 2.75) is 32.7 Å². The van der Waals surface area contributed by atoms with E-state index in [2.05, 4.69) is 25.3 Å². The Kier molecular flexibility index (Phi) is 7.50. The predicted molar refractivity (Wildman–Crippen MR) is 128 cm³/mol. The summed E-state index contributed by atoms with van der Waals surface area (Å²) in [4.78, 5) is 31.3. The number of hydrogen-bond acceptors (Lipinski definition) is 5. The molecule has 4 rings (SSSR count). The Labute approximate surface area is 198 Å². The summed E-state index contributed by atoms with van der Waals surface area (Å²) >= 11 is 1.72. The number of benzene rings is 1. The highest BCUT2D eigenvalue weighted by Crippen LogP contribution is 2.34. The highest BCUT2D eigenvalue weighted by Gasteiger charge is 2.34. The molecule has 0 saturated heterocycles. The van der Waals surface area contributed by atoms with E-state index in [1.807, 2.05) is 35.2 Å². The zero-order chi connectivity index (χ0) is 23.2. The highest BCUT2D eigenvalue weighted by atomic mass is 32.1. The van der Waals surface area contributed by atoms with Gasteiger partial charge in [0.2, 0.25) is 5.91 Å². The van der Waals surface area contributed by atoms with Crippen LogP contribution in [0, 0.1) is 5.92 Å². The van der Waals surface area contributed by atoms with Crippen LogP contribution in [0.25, 0.3) is 0 Å². The second-order valence-electron chi connectivity index (χ2n) is 8.66. The van der Waals surface area contributed by atoms with E-state index < -0.39 is 0 Å². The molecule has 1 aromatic carbocycles. The monoisotopic (exact) mass is 466 g/mol. The standard InChI is InChI=1S/C26H30N2O4S/c1-19(2)10-13-27(26(30)23-9-6-15-31-23)17-25(29)28-14-11-24-21(12-16-33-24)22(28)18-32-20-7-4-3-5-8-20/h3-9,12,15-16,19,22H,10-11,13-14,17-18H2,1-2H3. The van der Waals surface area contributed by atoms with Gasteiger partial charge in [-0.3, -0.25) is 9.59 Å². The molecule has 0 spiro atoms. The van der Waals surface area contributed by atoms with Crippen molar-refractivity contribution in [3.05, 3.63) is 76.4 Å². The van der Waals surface area contributed by atoms with E-state index in [4.69, 9.17) is 9.15 Å². The molecule has 1 unspecified atom stereocenters. The van der Waals surface area contributed by atoms with Gasteiger partial charge in [-0.2, -0.15) is 0 Å². The van der Waals surface area contributed by atoms with Crippen molar-refractivity contribution in [1.82, 2.24) is 9.80 Å². The van der Waals surface area contributed by atoms with Crippen LogP contribution in [-0.2, 0) is 11.2 Å². The van der Waals surface area contributed by atoms with E-state index >= 15 is 0 Å². The first-order valence-electron chi connectivity index (χ1n) is 11.4. The summed E-state index contributed by atoms with van der Waals surface area (Å²) in [6, 6.07) is 14.9. The zero-order valence-electron chi connectivity index (χ0n) is 19.1. The van der Waals surface area contributed by atoms with Crippen LogP contribution < -0.4 is 4.74 Å². The SMILES string of the molecule is CC(C)CCN(CC(=O)N1CCc2sccc2C1COc1ccccc1)C(=O)c1ccco1. The summed E-state index contributed by atoms with van der Waals surface area (Å²) in [6.07, 6.45) is 3.11. The van der Waals surface area contributed by atoms with Crippen molar-refractivity contribution < 1.29 is 18.7 Å². The molecule has 0 radical (unpaired) electrons. The summed E-state index contributed by atoms with van der Waals surface area (Å²) in [5.41, 5.74) is 1.14. The van der Waals surface area contributed by atoms with Crippen LogP contribution >= 0.6 is 11.3 Å². The third-order valence-electron chi connectivity index (χ3n) is 5.89. The lowest BCUT2D eigenvalue weighted by atomic mass is 10.0. The minimum absolute atomic E-state index is 0.0214. The van der Waals surface area contributed by atoms with E-state index in [-0.39, 0.29) is 30.2 Å². The molecule has 3 heterocycles. The van der Waals surface area contributed by atoms with Crippen LogP contribution in [0.3, 0.4) is 0 Å². The number of amides is 2. The van der Waals surface area contributed by atoms with Gasteiger partial charge in [-0.05, 0) is 60.0 Å². The molecular formula is C26H30N2O4S. The lowest BCUT2D eigenvalue weighted by Crippen LogP contribution is -2.48. The molecule has 6 nitrogen and oxygen atoms in total. The van der Waals surface area contributed by atoms with Gasteiger partial charge in [0, 0.05) is 18.0 Å². The molecule has 1 atom stereocenters. The molecule has 174 valence electrons. The van der Waals surface area contributed by atoms with Gasteiger partial charge in [0.15, 0.2) is 5.76 Å². The number of furan rings is 1. The van der Waals surface area contributed by atoms with Crippen LogP contribution in [0.2, 0.25) is 0 Å². The minimum Gasteiger partial charge on any atom is -0.491 e. The molecule has 0 bridgehead atoms. The Morgan fingerprint density at radius 2 is 2.00 bits per heavy atom. The first-order valence-corrected chi connectivity index (χ1v) is 12.3. The molecule has 0 aliphatic carbocycles. The van der Waals surface area contributed by atoms with Gasteiger partial charge < -0.3 is 19.0 Å². The largest absolute Gasteiger partial charge is 0.491 e. The number of hydrogen-bond donors (Lipinski definition) is 0. The number of nitrogens with zero attached hydrogens (tertiary/aromatic N) is 2. The number of carbonyl (C=O) groups is 2. The molecular weight excluding hydrogens is 436 g/mol. The van der Waals surface area contributed by atoms with Gasteiger partial charge in [-0.25, -0.2) is 0 Å². The first-order chi connectivity index (χ1) is 16.0. The minimum atomic E-state index is -0.251. The van der Waals surface area contributed by atoms with Crippen LogP contribution in [0.1, 0.15) is 47.3 Å². The van der Waals surface area contributed by atoms with Crippen molar-refractivity contribution >= 4 is 23.2 Å². The second-order valence-corrected chi connectivity index (χ2v) is 9.66. The van der Waals surface area contributed by atoms with Gasteiger partial charge in [0.25, 0.3) is 5.91 Å². The zero-order valence-corrected chi connectivity index (χ0v) is 19.9. The fraction of sp³-hybridized carbons (Fsp3) is 0.385. The quantitative estimate of drug-likeness (QED) is 0.444. The molecule has 1 aliphatic rings. The van der Waals surface area contributed by atoms with Crippen molar-refractivity contribution in [3.8, 4) is 5.75 Å². The normalized spacial score (nSPS) is 15.4. The third-order valence-corrected chi connectivity index (χ3v) is 6.88. The van der Waals surface area contributed by atoms with Crippen LogP contribution in [0.5, 0.6) is 5.75 Å². The van der Waals surface area contributed by atoms with Crippen LogP contribution in [0.15, 0.2) is 64.6 Å². The number of rotatable bonds is 9. The van der Waals surface area contributed by atoms with Gasteiger partial charge in [-0.1, -0.05) is 32.0 Å². The van der Waals surface area contributed by atoms with E-state index in [0.717, 1.165) is 24.2 Å². The first kappa shape index (κ1) is 23.1. The average molecular weight is 467 g/mol. The van der Waals surface area contributed by atoms with Crippen molar-refractivity contribution in [3.63, 3.8) is 0 Å². The molecule has 3 aromatic rings. The Morgan fingerprint density at radius 3 is 2.73 bits per heavy atom. The van der Waals surface area contributed by atoms with Gasteiger partial charge in [0.05, 0.1) is 12.3 Å². The molecule has 1 aliphatic heterocycles. The van der Waals surface area contributed by atoms with Crippen molar-refractivity contribution in [1.29, 1.82) is 0 Å². The fourth-order valence-corrected chi connectivity index (χ4v) is 4.97. The lowest BCUT2D eigenvalue weighted by molar-refractivity contribution is -0.135. The second kappa shape index (κ2) is 10.7. The van der Waals surface area contributed by atoms with E-state index in [1.165, 1.54) is 11.1 Å². The molecule has 0 fully saturated rings. The van der Waals surface area contributed by atoms with Crippen LogP contribution in [0.4, 0.5) is 0 Å². The summed E-state index contributed by atoms with van der Waals surface area (Å²) < 4.78 is 11.4. The summed E-state index contributed by atoms with van der Waals surface area (Å²) in [7, 11) is 0. The molecule has 0 N–H and O–H groups in total. The third kappa shape index (κ3) is 5.66. The molecule has 0 saturated carbocycles. The molecule has 2 amide bonds. The predicted octanol–water partition coefficient (Wildman–Crippen LogP) is 5.03. The number of ether oxygens (including phenoxy) is 1. The Morgan fingerprint density at radius 1 is 1.18 bits per heavy atom. The van der Waals surface area contributed by atoms with Gasteiger partial charge in [-0.15, -0.1) is 11.3 Å². The number of fused-ring (bicyclic) bond motifs is 1. The lowest BCUT2D eigenvalue weighted by Gasteiger charge is -2.37. The topological polar surface area (TPSA) is 63.0 Å². The maximum Gasteiger partial charge on any atom is 0.290 e. The summed E-state index contributed by atoms with van der Waals surface area (Å²) in [5.74, 6) is 1.13. The summed E-state index contributed by atoms with van der Waals surface area (Å²) in [6.45, 7) is 5.73. The molecule has 7 heteroatoms. The number of thiophene rings is 1.